The highest BCUT2D eigenvalue weighted by molar-refractivity contribution is 9.13. The van der Waals surface area contributed by atoms with Crippen LogP contribution in [0.5, 0.6) is 0 Å². The molecule has 80 valence electrons. The molecule has 7 heteroatoms. The van der Waals surface area contributed by atoms with Crippen molar-refractivity contribution in [3.8, 4) is 0 Å². The number of benzene rings is 1. The highest BCUT2D eigenvalue weighted by Gasteiger charge is 2.21. The second-order valence-corrected chi connectivity index (χ2v) is 4.96. The van der Waals surface area contributed by atoms with Crippen molar-refractivity contribution in [2.45, 2.75) is 0 Å². The van der Waals surface area contributed by atoms with E-state index in [0.29, 0.717) is 0 Å². The SMILES string of the molecule is O=C(O)c1cc(Br)c(C(=O)O)c(Br)c1Br. The summed E-state index contributed by atoms with van der Waals surface area (Å²) in [6.07, 6.45) is 0. The smallest absolute Gasteiger partial charge is 0.338 e. The Hall–Kier alpha value is -0.400. The lowest BCUT2D eigenvalue weighted by Crippen LogP contribution is -2.05. The first-order valence-corrected chi connectivity index (χ1v) is 5.88. The Morgan fingerprint density at radius 2 is 1.53 bits per heavy atom. The Morgan fingerprint density at radius 1 is 1.00 bits per heavy atom. The fourth-order valence-corrected chi connectivity index (χ4v) is 2.89. The van der Waals surface area contributed by atoms with E-state index in [1.54, 1.807) is 0 Å². The van der Waals surface area contributed by atoms with Crippen molar-refractivity contribution in [1.29, 1.82) is 0 Å². The van der Waals surface area contributed by atoms with Crippen LogP contribution in [0, 0.1) is 0 Å². The van der Waals surface area contributed by atoms with Crippen LogP contribution in [0.3, 0.4) is 0 Å². The summed E-state index contributed by atoms with van der Waals surface area (Å²) in [6.45, 7) is 0. The largest absolute Gasteiger partial charge is 0.478 e. The molecule has 1 aromatic rings. The van der Waals surface area contributed by atoms with E-state index < -0.39 is 11.9 Å². The molecule has 0 aliphatic heterocycles. The zero-order valence-corrected chi connectivity index (χ0v) is 11.7. The third-order valence-electron chi connectivity index (χ3n) is 1.60. The maximum atomic E-state index is 10.8. The van der Waals surface area contributed by atoms with Crippen LogP contribution in [0.1, 0.15) is 20.7 Å². The third kappa shape index (κ3) is 2.40. The topological polar surface area (TPSA) is 74.6 Å². The van der Waals surface area contributed by atoms with Gasteiger partial charge in [-0.05, 0) is 53.9 Å². The molecule has 1 aromatic carbocycles. The first-order valence-electron chi connectivity index (χ1n) is 3.50. The van der Waals surface area contributed by atoms with Crippen LogP contribution in [0.2, 0.25) is 0 Å². The average Bonchev–Trinajstić information content (AvgIpc) is 2.10. The quantitative estimate of drug-likeness (QED) is 0.744. The number of halogens is 3. The lowest BCUT2D eigenvalue weighted by atomic mass is 10.1. The predicted octanol–water partition coefficient (Wildman–Crippen LogP) is 3.37. The summed E-state index contributed by atoms with van der Waals surface area (Å²) in [4.78, 5) is 21.6. The molecule has 0 saturated heterocycles. The molecule has 0 heterocycles. The summed E-state index contributed by atoms with van der Waals surface area (Å²) >= 11 is 9.06. The fourth-order valence-electron chi connectivity index (χ4n) is 0.947. The zero-order chi connectivity index (χ0) is 11.7. The molecule has 0 unspecified atom stereocenters. The minimum Gasteiger partial charge on any atom is -0.478 e. The third-order valence-corrected chi connectivity index (χ3v) is 4.38. The maximum absolute atomic E-state index is 10.8. The standard InChI is InChI=1S/C8H3Br3O4/c9-3-1-2(7(12)13)5(10)6(11)4(3)8(14)15/h1H,(H,12,13)(H,14,15). The number of rotatable bonds is 2. The molecule has 0 aromatic heterocycles. The van der Waals surface area contributed by atoms with Crippen molar-refractivity contribution in [1.82, 2.24) is 0 Å². The molecule has 2 N–H and O–H groups in total. The molecule has 0 atom stereocenters. The highest BCUT2D eigenvalue weighted by Crippen LogP contribution is 2.35. The van der Waals surface area contributed by atoms with Gasteiger partial charge in [0.05, 0.1) is 11.1 Å². The number of carbonyl (C=O) groups is 2. The molecule has 0 aliphatic carbocycles. The number of hydrogen-bond donors (Lipinski definition) is 2. The van der Waals surface area contributed by atoms with Gasteiger partial charge in [0.1, 0.15) is 0 Å². The predicted molar refractivity (Wildman–Crippen MR) is 63.5 cm³/mol. The molecule has 1 rings (SSSR count). The molecule has 0 amide bonds. The first kappa shape index (κ1) is 12.7. The second-order valence-electron chi connectivity index (χ2n) is 2.52. The van der Waals surface area contributed by atoms with Gasteiger partial charge in [-0.3, -0.25) is 0 Å². The second kappa shape index (κ2) is 4.63. The Balaban J connectivity index is 3.58. The van der Waals surface area contributed by atoms with E-state index in [2.05, 4.69) is 47.8 Å². The highest BCUT2D eigenvalue weighted by atomic mass is 79.9. The van der Waals surface area contributed by atoms with E-state index in [9.17, 15) is 9.59 Å². The number of aromatic carboxylic acids is 2. The molecule has 15 heavy (non-hydrogen) atoms. The van der Waals surface area contributed by atoms with Gasteiger partial charge in [-0.2, -0.15) is 0 Å². The van der Waals surface area contributed by atoms with Gasteiger partial charge in [-0.15, -0.1) is 0 Å². The Bertz CT molecular complexity index is 456. The van der Waals surface area contributed by atoms with Gasteiger partial charge in [-0.1, -0.05) is 0 Å². The summed E-state index contributed by atoms with van der Waals surface area (Å²) < 4.78 is 0.611. The molecule has 4 nitrogen and oxygen atoms in total. The summed E-state index contributed by atoms with van der Waals surface area (Å²) in [5, 5.41) is 17.7. The molecular formula is C8H3Br3O4. The van der Waals surface area contributed by atoms with Crippen molar-refractivity contribution in [2.75, 3.05) is 0 Å². The van der Waals surface area contributed by atoms with E-state index >= 15 is 0 Å². The number of carboxylic acids is 2. The maximum Gasteiger partial charge on any atom is 0.338 e. The van der Waals surface area contributed by atoms with Crippen molar-refractivity contribution in [2.24, 2.45) is 0 Å². The van der Waals surface area contributed by atoms with Crippen LogP contribution in [-0.2, 0) is 0 Å². The fraction of sp³-hybridized carbons (Fsp3) is 0. The molecule has 0 bridgehead atoms. The Morgan fingerprint density at radius 3 is 1.93 bits per heavy atom. The molecule has 0 saturated carbocycles. The molecule has 0 radical (unpaired) electrons. The van der Waals surface area contributed by atoms with E-state index in [1.807, 2.05) is 0 Å². The van der Waals surface area contributed by atoms with Crippen LogP contribution >= 0.6 is 47.8 Å². The lowest BCUT2D eigenvalue weighted by molar-refractivity contribution is 0.0678. The molecule has 0 fully saturated rings. The first-order chi connectivity index (χ1) is 6.86. The summed E-state index contributed by atoms with van der Waals surface area (Å²) in [7, 11) is 0. The van der Waals surface area contributed by atoms with Gasteiger partial charge in [0.15, 0.2) is 0 Å². The lowest BCUT2D eigenvalue weighted by Gasteiger charge is -2.07. The van der Waals surface area contributed by atoms with Crippen LogP contribution in [0.4, 0.5) is 0 Å². The average molecular weight is 403 g/mol. The van der Waals surface area contributed by atoms with Gasteiger partial charge >= 0.3 is 11.9 Å². The number of carboxylic acid groups (broad SMARTS) is 2. The van der Waals surface area contributed by atoms with Gasteiger partial charge in [0.25, 0.3) is 0 Å². The van der Waals surface area contributed by atoms with E-state index in [-0.39, 0.29) is 24.5 Å². The van der Waals surface area contributed by atoms with Gasteiger partial charge in [0, 0.05) is 13.4 Å². The van der Waals surface area contributed by atoms with Gasteiger partial charge in [0.2, 0.25) is 0 Å². The molecule has 0 aliphatic rings. The minimum atomic E-state index is -1.15. The summed E-state index contributed by atoms with van der Waals surface area (Å²) in [6, 6.07) is 1.24. The zero-order valence-electron chi connectivity index (χ0n) is 6.92. The Kier molecular flexibility index (Phi) is 3.91. The molecule has 0 spiro atoms. The van der Waals surface area contributed by atoms with Crippen LogP contribution in [0.15, 0.2) is 19.5 Å². The van der Waals surface area contributed by atoms with Crippen LogP contribution in [0.25, 0.3) is 0 Å². The number of hydrogen-bond acceptors (Lipinski definition) is 2. The van der Waals surface area contributed by atoms with Crippen molar-refractivity contribution in [3.63, 3.8) is 0 Å². The Labute approximate surface area is 110 Å². The summed E-state index contributed by atoms with van der Waals surface area (Å²) in [5.74, 6) is -2.29. The van der Waals surface area contributed by atoms with Crippen molar-refractivity contribution < 1.29 is 19.8 Å². The van der Waals surface area contributed by atoms with E-state index in [4.69, 9.17) is 10.2 Å². The summed E-state index contributed by atoms with van der Waals surface area (Å²) in [5.41, 5.74) is -0.0365. The van der Waals surface area contributed by atoms with Crippen molar-refractivity contribution >= 4 is 59.7 Å². The van der Waals surface area contributed by atoms with Crippen LogP contribution < -0.4 is 0 Å². The van der Waals surface area contributed by atoms with Gasteiger partial charge in [-0.25, -0.2) is 9.59 Å². The van der Waals surface area contributed by atoms with E-state index in [1.165, 1.54) is 6.07 Å². The molecular weight excluding hydrogens is 400 g/mol. The van der Waals surface area contributed by atoms with E-state index in [0.717, 1.165) is 0 Å². The normalized spacial score (nSPS) is 10.1. The van der Waals surface area contributed by atoms with Gasteiger partial charge < -0.3 is 10.2 Å². The monoisotopic (exact) mass is 400 g/mol. The van der Waals surface area contributed by atoms with Crippen molar-refractivity contribution in [3.05, 3.63) is 30.6 Å². The minimum absolute atomic E-state index is 0.0150. The van der Waals surface area contributed by atoms with Crippen LogP contribution in [-0.4, -0.2) is 22.2 Å².